The maximum absolute atomic E-state index is 11.7. The van der Waals surface area contributed by atoms with Gasteiger partial charge >= 0.3 is 6.03 Å². The third kappa shape index (κ3) is 5.42. The molecule has 1 aliphatic rings. The number of amides is 2. The molecule has 0 bridgehead atoms. The van der Waals surface area contributed by atoms with Crippen molar-refractivity contribution in [3.63, 3.8) is 0 Å². The van der Waals surface area contributed by atoms with Crippen LogP contribution in [0.2, 0.25) is 0 Å². The first-order valence-corrected chi connectivity index (χ1v) is 8.72. The lowest BCUT2D eigenvalue weighted by atomic mass is 10.0. The van der Waals surface area contributed by atoms with Crippen LogP contribution in [0.1, 0.15) is 24.6 Å². The van der Waals surface area contributed by atoms with Gasteiger partial charge in [0, 0.05) is 24.5 Å². The molecule has 1 saturated heterocycles. The molecule has 0 radical (unpaired) electrons. The van der Waals surface area contributed by atoms with Gasteiger partial charge in [-0.15, -0.1) is 11.3 Å². The Bertz CT molecular complexity index is 438. The van der Waals surface area contributed by atoms with E-state index < -0.39 is 0 Å². The summed E-state index contributed by atoms with van der Waals surface area (Å²) < 4.78 is 1.09. The van der Waals surface area contributed by atoms with E-state index in [2.05, 4.69) is 38.4 Å². The Hall–Kier alpha value is -0.590. The first kappa shape index (κ1) is 15.8. The Morgan fingerprint density at radius 1 is 1.50 bits per heavy atom. The minimum atomic E-state index is -0.0837. The van der Waals surface area contributed by atoms with Gasteiger partial charge in [0.1, 0.15) is 0 Å². The lowest BCUT2D eigenvalue weighted by molar-refractivity contribution is 0.184. The van der Waals surface area contributed by atoms with Crippen molar-refractivity contribution in [3.05, 3.63) is 20.8 Å². The number of nitrogens with one attached hydrogen (secondary N) is 2. The third-order valence-electron chi connectivity index (χ3n) is 3.51. The highest BCUT2D eigenvalue weighted by Gasteiger charge is 2.15. The van der Waals surface area contributed by atoms with Gasteiger partial charge in [-0.05, 0) is 53.4 Å². The van der Waals surface area contributed by atoms with Crippen LogP contribution in [0.4, 0.5) is 4.79 Å². The molecule has 2 rings (SSSR count). The number of urea groups is 1. The summed E-state index contributed by atoms with van der Waals surface area (Å²) in [6, 6.07) is 3.93. The molecule has 1 aliphatic heterocycles. The third-order valence-corrected chi connectivity index (χ3v) is 5.13. The molecule has 2 heterocycles. The summed E-state index contributed by atoms with van der Waals surface area (Å²) in [6.07, 6.45) is 2.61. The first-order valence-electron chi connectivity index (χ1n) is 7.12. The fraction of sp³-hybridized carbons (Fsp3) is 0.643. The van der Waals surface area contributed by atoms with Gasteiger partial charge in [0.25, 0.3) is 0 Å². The molecule has 0 aliphatic carbocycles. The minimum Gasteiger partial charge on any atom is -0.337 e. The molecule has 0 aromatic carbocycles. The lowest BCUT2D eigenvalue weighted by Gasteiger charge is -2.30. The van der Waals surface area contributed by atoms with Gasteiger partial charge in [-0.3, -0.25) is 0 Å². The molecule has 1 unspecified atom stereocenters. The smallest absolute Gasteiger partial charge is 0.315 e. The second-order valence-corrected chi connectivity index (χ2v) is 7.91. The van der Waals surface area contributed by atoms with Gasteiger partial charge in [0.05, 0.1) is 10.3 Å². The van der Waals surface area contributed by atoms with Crippen LogP contribution >= 0.6 is 27.3 Å². The van der Waals surface area contributed by atoms with Crippen molar-refractivity contribution in [1.29, 1.82) is 0 Å². The van der Waals surface area contributed by atoms with Crippen LogP contribution in [0.5, 0.6) is 0 Å². The number of halogens is 1. The average molecular weight is 360 g/mol. The van der Waals surface area contributed by atoms with Gasteiger partial charge in [-0.25, -0.2) is 4.79 Å². The van der Waals surface area contributed by atoms with Crippen LogP contribution in [0.15, 0.2) is 15.9 Å². The van der Waals surface area contributed by atoms with Crippen molar-refractivity contribution in [2.75, 3.05) is 26.2 Å². The fourth-order valence-electron chi connectivity index (χ4n) is 2.49. The van der Waals surface area contributed by atoms with E-state index in [1.807, 2.05) is 12.1 Å². The Balaban J connectivity index is 1.58. The number of hydrogen-bond donors (Lipinski definition) is 2. The monoisotopic (exact) mass is 359 g/mol. The van der Waals surface area contributed by atoms with Gasteiger partial charge < -0.3 is 15.5 Å². The average Bonchev–Trinajstić information content (AvgIpc) is 2.82. The highest BCUT2D eigenvalue weighted by atomic mass is 79.9. The van der Waals surface area contributed by atoms with E-state index in [0.717, 1.165) is 34.2 Å². The minimum absolute atomic E-state index is 0.0837. The molecule has 112 valence electrons. The number of nitrogens with zero attached hydrogens (tertiary/aromatic N) is 1. The van der Waals surface area contributed by atoms with Gasteiger partial charge in [-0.1, -0.05) is 6.92 Å². The number of carbonyl (C=O) groups excluding carboxylic acids is 1. The van der Waals surface area contributed by atoms with E-state index in [1.165, 1.54) is 12.8 Å². The highest BCUT2D eigenvalue weighted by molar-refractivity contribution is 9.11. The predicted octanol–water partition coefficient (Wildman–Crippen LogP) is 3.04. The summed E-state index contributed by atoms with van der Waals surface area (Å²) in [4.78, 5) is 15.3. The lowest BCUT2D eigenvalue weighted by Crippen LogP contribution is -2.42. The summed E-state index contributed by atoms with van der Waals surface area (Å²) >= 11 is 5.06. The Labute approximate surface area is 133 Å². The molecule has 1 atom stereocenters. The molecule has 2 N–H and O–H groups in total. The maximum Gasteiger partial charge on any atom is 0.315 e. The standard InChI is InChI=1S/C14H22BrN3OS/c1-11-3-2-7-18(10-11)8-6-16-14(19)17-9-12-4-5-13(15)20-12/h4-5,11H,2-3,6-10H2,1H3,(H2,16,17,19). The van der Waals surface area contributed by atoms with Crippen LogP contribution in [-0.2, 0) is 6.54 Å². The largest absolute Gasteiger partial charge is 0.337 e. The van der Waals surface area contributed by atoms with E-state index in [9.17, 15) is 4.79 Å². The summed E-state index contributed by atoms with van der Waals surface area (Å²) in [7, 11) is 0. The number of rotatable bonds is 5. The number of likely N-dealkylation sites (tertiary alicyclic amines) is 1. The van der Waals surface area contributed by atoms with Crippen LogP contribution in [-0.4, -0.2) is 37.1 Å². The molecular formula is C14H22BrN3OS. The van der Waals surface area contributed by atoms with E-state index in [4.69, 9.17) is 0 Å². The van der Waals surface area contributed by atoms with Gasteiger partial charge in [-0.2, -0.15) is 0 Å². The van der Waals surface area contributed by atoms with Crippen molar-refractivity contribution in [2.45, 2.75) is 26.3 Å². The summed E-state index contributed by atoms with van der Waals surface area (Å²) in [6.45, 7) is 6.87. The van der Waals surface area contributed by atoms with Crippen molar-refractivity contribution in [3.8, 4) is 0 Å². The Morgan fingerprint density at radius 2 is 2.35 bits per heavy atom. The molecule has 20 heavy (non-hydrogen) atoms. The molecule has 1 aromatic rings. The van der Waals surface area contributed by atoms with E-state index in [1.54, 1.807) is 11.3 Å². The van der Waals surface area contributed by atoms with Crippen molar-refractivity contribution >= 4 is 33.3 Å². The molecule has 0 spiro atoms. The van der Waals surface area contributed by atoms with E-state index in [0.29, 0.717) is 13.1 Å². The molecule has 2 amide bonds. The SMILES string of the molecule is CC1CCCN(CCNC(=O)NCc2ccc(Br)s2)C1. The normalized spacial score (nSPS) is 19.8. The van der Waals surface area contributed by atoms with Crippen molar-refractivity contribution in [2.24, 2.45) is 5.92 Å². The topological polar surface area (TPSA) is 44.4 Å². The highest BCUT2D eigenvalue weighted by Crippen LogP contribution is 2.21. The number of hydrogen-bond acceptors (Lipinski definition) is 3. The second kappa shape index (κ2) is 8.00. The molecule has 4 nitrogen and oxygen atoms in total. The zero-order valence-corrected chi connectivity index (χ0v) is 14.2. The van der Waals surface area contributed by atoms with Crippen LogP contribution in [0.3, 0.4) is 0 Å². The number of thiophene rings is 1. The molecular weight excluding hydrogens is 338 g/mol. The second-order valence-electron chi connectivity index (χ2n) is 5.36. The summed E-state index contributed by atoms with van der Waals surface area (Å²) in [5.74, 6) is 0.787. The molecule has 1 aromatic heterocycles. The number of piperidine rings is 1. The zero-order valence-electron chi connectivity index (χ0n) is 11.8. The Morgan fingerprint density at radius 3 is 3.05 bits per heavy atom. The van der Waals surface area contributed by atoms with E-state index >= 15 is 0 Å². The predicted molar refractivity (Wildman–Crippen MR) is 87.1 cm³/mol. The number of carbonyl (C=O) groups is 1. The first-order chi connectivity index (χ1) is 9.63. The quantitative estimate of drug-likeness (QED) is 0.848. The Kier molecular flexibility index (Phi) is 6.32. The van der Waals surface area contributed by atoms with E-state index in [-0.39, 0.29) is 6.03 Å². The van der Waals surface area contributed by atoms with Crippen LogP contribution in [0.25, 0.3) is 0 Å². The van der Waals surface area contributed by atoms with Crippen molar-refractivity contribution < 1.29 is 4.79 Å². The van der Waals surface area contributed by atoms with Crippen LogP contribution in [0, 0.1) is 5.92 Å². The summed E-state index contributed by atoms with van der Waals surface area (Å²) in [5.41, 5.74) is 0. The fourth-order valence-corrected chi connectivity index (χ4v) is 3.92. The zero-order chi connectivity index (χ0) is 14.4. The molecule has 6 heteroatoms. The van der Waals surface area contributed by atoms with Crippen molar-refractivity contribution in [1.82, 2.24) is 15.5 Å². The molecule has 0 saturated carbocycles. The maximum atomic E-state index is 11.7. The van der Waals surface area contributed by atoms with Gasteiger partial charge in [0.2, 0.25) is 0 Å². The molecule has 1 fully saturated rings. The van der Waals surface area contributed by atoms with Crippen LogP contribution < -0.4 is 10.6 Å². The summed E-state index contributed by atoms with van der Waals surface area (Å²) in [5, 5.41) is 5.80. The van der Waals surface area contributed by atoms with Gasteiger partial charge in [0.15, 0.2) is 0 Å².